The topological polar surface area (TPSA) is 63.5 Å². The highest BCUT2D eigenvalue weighted by Crippen LogP contribution is 2.11. The minimum absolute atomic E-state index is 0.133. The summed E-state index contributed by atoms with van der Waals surface area (Å²) in [5.74, 6) is 0. The Hall–Kier alpha value is -2.15. The smallest absolute Gasteiger partial charge is 0.234 e. The molecule has 24 heavy (non-hydrogen) atoms. The zero-order valence-corrected chi connectivity index (χ0v) is 14.6. The van der Waals surface area contributed by atoms with Crippen LogP contribution in [0, 0.1) is 6.92 Å². The minimum Gasteiger partial charge on any atom is -0.307 e. The second-order valence-corrected chi connectivity index (χ2v) is 7.51. The lowest BCUT2D eigenvalue weighted by Crippen LogP contribution is -2.20. The Morgan fingerprint density at radius 3 is 2.75 bits per heavy atom. The Bertz CT molecular complexity index is 992. The van der Waals surface area contributed by atoms with E-state index in [9.17, 15) is 8.42 Å². The number of aromatic nitrogens is 2. The lowest BCUT2D eigenvalue weighted by Gasteiger charge is -2.00. The third-order valence-corrected chi connectivity index (χ3v) is 4.72. The Balaban J connectivity index is 1.68. The molecule has 3 aromatic rings. The van der Waals surface area contributed by atoms with Gasteiger partial charge >= 0.3 is 0 Å². The van der Waals surface area contributed by atoms with Gasteiger partial charge in [-0.25, -0.2) is 18.1 Å². The molecule has 0 bridgehead atoms. The molecule has 0 aliphatic carbocycles. The fraction of sp³-hybridized carbons (Fsp3) is 0.118. The Kier molecular flexibility index (Phi) is 4.71. The number of pyridine rings is 1. The number of nitrogens with zero attached hydrogens (tertiary/aromatic N) is 2. The Morgan fingerprint density at radius 2 is 2.00 bits per heavy atom. The molecule has 2 aromatic heterocycles. The quantitative estimate of drug-likeness (QED) is 0.757. The van der Waals surface area contributed by atoms with Crippen molar-refractivity contribution in [1.29, 1.82) is 0 Å². The van der Waals surface area contributed by atoms with Gasteiger partial charge in [-0.15, -0.1) is 0 Å². The first-order valence-corrected chi connectivity index (χ1v) is 9.21. The molecule has 0 saturated heterocycles. The number of hydrogen-bond acceptors (Lipinski definition) is 3. The zero-order chi connectivity index (χ0) is 17.2. The van der Waals surface area contributed by atoms with Crippen molar-refractivity contribution >= 4 is 33.3 Å². The molecule has 2 heterocycles. The van der Waals surface area contributed by atoms with Crippen molar-refractivity contribution in [1.82, 2.24) is 14.1 Å². The SMILES string of the molecule is Cc1ccn2cc(CNS(=O)(=O)C=Cc3ccc(Cl)cc3)nc2c1. The molecule has 0 atom stereocenters. The number of aryl methyl sites for hydroxylation is 1. The first kappa shape index (κ1) is 16.7. The standard InChI is InChI=1S/C17H16ClN3O2S/c1-13-6-8-21-12-16(20-17(21)10-13)11-19-24(22,23)9-7-14-2-4-15(18)5-3-14/h2-10,12,19H,11H2,1H3. The van der Waals surface area contributed by atoms with Crippen LogP contribution in [0.2, 0.25) is 5.02 Å². The normalized spacial score (nSPS) is 12.2. The lowest BCUT2D eigenvalue weighted by atomic mass is 10.2. The van der Waals surface area contributed by atoms with Gasteiger partial charge in [0.25, 0.3) is 0 Å². The number of sulfonamides is 1. The van der Waals surface area contributed by atoms with Crippen molar-refractivity contribution in [2.24, 2.45) is 0 Å². The monoisotopic (exact) mass is 361 g/mol. The third kappa shape index (κ3) is 4.23. The van der Waals surface area contributed by atoms with Crippen LogP contribution in [0.25, 0.3) is 11.7 Å². The van der Waals surface area contributed by atoms with Crippen LogP contribution in [0.4, 0.5) is 0 Å². The first-order valence-electron chi connectivity index (χ1n) is 7.29. The lowest BCUT2D eigenvalue weighted by molar-refractivity contribution is 0.590. The summed E-state index contributed by atoms with van der Waals surface area (Å²) in [6, 6.07) is 10.8. The van der Waals surface area contributed by atoms with E-state index in [1.165, 1.54) is 6.08 Å². The fourth-order valence-corrected chi connectivity index (χ4v) is 3.09. The first-order chi connectivity index (χ1) is 11.4. The maximum absolute atomic E-state index is 12.1. The van der Waals surface area contributed by atoms with Gasteiger partial charge in [0.1, 0.15) is 5.65 Å². The number of imidazole rings is 1. The summed E-state index contributed by atoms with van der Waals surface area (Å²) in [6.07, 6.45) is 5.22. The molecule has 1 N–H and O–H groups in total. The molecule has 0 saturated carbocycles. The maximum atomic E-state index is 12.1. The van der Waals surface area contributed by atoms with Crippen LogP contribution in [0.1, 0.15) is 16.8 Å². The highest BCUT2D eigenvalue weighted by Gasteiger charge is 2.08. The Labute approximate surface area is 145 Å². The number of hydrogen-bond donors (Lipinski definition) is 1. The molecule has 0 radical (unpaired) electrons. The number of fused-ring (bicyclic) bond motifs is 1. The zero-order valence-electron chi connectivity index (χ0n) is 13.0. The summed E-state index contributed by atoms with van der Waals surface area (Å²) in [5, 5.41) is 1.74. The van der Waals surface area contributed by atoms with E-state index < -0.39 is 10.0 Å². The number of halogens is 1. The number of benzene rings is 1. The van der Waals surface area contributed by atoms with Gasteiger partial charge in [0.05, 0.1) is 12.2 Å². The van der Waals surface area contributed by atoms with Crippen molar-refractivity contribution in [3.05, 3.63) is 76.0 Å². The molecule has 0 aliphatic rings. The van der Waals surface area contributed by atoms with Crippen LogP contribution in [0.3, 0.4) is 0 Å². The third-order valence-electron chi connectivity index (χ3n) is 3.43. The summed E-state index contributed by atoms with van der Waals surface area (Å²) in [6.45, 7) is 2.12. The fourth-order valence-electron chi connectivity index (χ4n) is 2.19. The van der Waals surface area contributed by atoms with Gasteiger partial charge in [-0.05, 0) is 48.4 Å². The second kappa shape index (κ2) is 6.76. The van der Waals surface area contributed by atoms with Gasteiger partial charge in [-0.3, -0.25) is 0 Å². The molecule has 5 nitrogen and oxygen atoms in total. The van der Waals surface area contributed by atoms with E-state index in [0.717, 1.165) is 22.2 Å². The minimum atomic E-state index is -3.55. The average molecular weight is 362 g/mol. The van der Waals surface area contributed by atoms with E-state index in [0.29, 0.717) is 10.7 Å². The number of rotatable bonds is 5. The highest BCUT2D eigenvalue weighted by molar-refractivity contribution is 7.92. The molecular weight excluding hydrogens is 346 g/mol. The van der Waals surface area contributed by atoms with Crippen molar-refractivity contribution < 1.29 is 8.42 Å². The van der Waals surface area contributed by atoms with Crippen LogP contribution in [-0.4, -0.2) is 17.8 Å². The van der Waals surface area contributed by atoms with Gasteiger partial charge in [-0.1, -0.05) is 23.7 Å². The molecule has 1 aromatic carbocycles. The second-order valence-electron chi connectivity index (χ2n) is 5.42. The summed E-state index contributed by atoms with van der Waals surface area (Å²) in [5.41, 5.74) is 3.31. The Morgan fingerprint density at radius 1 is 1.25 bits per heavy atom. The van der Waals surface area contributed by atoms with Crippen LogP contribution >= 0.6 is 11.6 Å². The largest absolute Gasteiger partial charge is 0.307 e. The molecule has 0 spiro atoms. The van der Waals surface area contributed by atoms with Gasteiger partial charge < -0.3 is 4.40 Å². The van der Waals surface area contributed by atoms with E-state index in [1.54, 1.807) is 30.5 Å². The molecule has 3 rings (SSSR count). The van der Waals surface area contributed by atoms with Gasteiger partial charge in [-0.2, -0.15) is 0 Å². The molecule has 0 fully saturated rings. The van der Waals surface area contributed by atoms with E-state index >= 15 is 0 Å². The van der Waals surface area contributed by atoms with Crippen molar-refractivity contribution in [3.63, 3.8) is 0 Å². The average Bonchev–Trinajstić information content (AvgIpc) is 2.95. The summed E-state index contributed by atoms with van der Waals surface area (Å²) < 4.78 is 28.5. The molecule has 0 amide bonds. The predicted molar refractivity (Wildman–Crippen MR) is 96.2 cm³/mol. The molecule has 7 heteroatoms. The van der Waals surface area contributed by atoms with E-state index in [4.69, 9.17) is 11.6 Å². The van der Waals surface area contributed by atoms with Crippen LogP contribution in [0.5, 0.6) is 0 Å². The molecule has 124 valence electrons. The summed E-state index contributed by atoms with van der Waals surface area (Å²) >= 11 is 5.80. The van der Waals surface area contributed by atoms with Crippen LogP contribution in [-0.2, 0) is 16.6 Å². The van der Waals surface area contributed by atoms with Gasteiger partial charge in [0, 0.05) is 22.8 Å². The van der Waals surface area contributed by atoms with E-state index in [1.807, 2.05) is 29.7 Å². The van der Waals surface area contributed by atoms with Gasteiger partial charge in [0.15, 0.2) is 0 Å². The van der Waals surface area contributed by atoms with Crippen LogP contribution in [0.15, 0.2) is 54.2 Å². The van der Waals surface area contributed by atoms with Crippen LogP contribution < -0.4 is 4.72 Å². The number of nitrogens with one attached hydrogen (secondary N) is 1. The summed E-state index contributed by atoms with van der Waals surface area (Å²) in [7, 11) is -3.55. The molecule has 0 aliphatic heterocycles. The predicted octanol–water partition coefficient (Wildman–Crippen LogP) is 3.39. The van der Waals surface area contributed by atoms with Crippen molar-refractivity contribution in [2.75, 3.05) is 0 Å². The van der Waals surface area contributed by atoms with Gasteiger partial charge in [0.2, 0.25) is 10.0 Å². The van der Waals surface area contributed by atoms with E-state index in [-0.39, 0.29) is 6.54 Å². The maximum Gasteiger partial charge on any atom is 0.234 e. The molecule has 0 unspecified atom stereocenters. The summed E-state index contributed by atoms with van der Waals surface area (Å²) in [4.78, 5) is 4.40. The van der Waals surface area contributed by atoms with E-state index in [2.05, 4.69) is 9.71 Å². The van der Waals surface area contributed by atoms with Crippen molar-refractivity contribution in [3.8, 4) is 0 Å². The molecular formula is C17H16ClN3O2S. The van der Waals surface area contributed by atoms with Crippen molar-refractivity contribution in [2.45, 2.75) is 13.5 Å². The highest BCUT2D eigenvalue weighted by atomic mass is 35.5.